The Morgan fingerprint density at radius 1 is 1.10 bits per heavy atom. The molecule has 0 amide bonds. The molecule has 0 aliphatic carbocycles. The standard InChI is InChI=1S/C21H24N8/c1-15-13-29-19(17-10-24-25-11-17)12-23-21(29)20(26-15)27-18-4-2-16(3-5-18)14-28-8-6-22-7-9-28/h2-5,10-13,22H,6-9,14H2,1H3,(H,24,25)(H,26,27). The molecule has 1 aliphatic rings. The molecule has 29 heavy (non-hydrogen) atoms. The highest BCUT2D eigenvalue weighted by Gasteiger charge is 2.13. The van der Waals surface area contributed by atoms with Gasteiger partial charge in [-0.15, -0.1) is 0 Å². The van der Waals surface area contributed by atoms with E-state index in [1.54, 1.807) is 6.20 Å². The van der Waals surface area contributed by atoms with Crippen LogP contribution in [0.5, 0.6) is 0 Å². The lowest BCUT2D eigenvalue weighted by Crippen LogP contribution is -2.42. The number of hydrogen-bond donors (Lipinski definition) is 3. The minimum atomic E-state index is 0.745. The molecule has 0 saturated carbocycles. The highest BCUT2D eigenvalue weighted by molar-refractivity contribution is 5.74. The van der Waals surface area contributed by atoms with Gasteiger partial charge in [-0.3, -0.25) is 14.4 Å². The number of nitrogens with one attached hydrogen (secondary N) is 3. The van der Waals surface area contributed by atoms with Gasteiger partial charge < -0.3 is 10.6 Å². The number of anilines is 2. The molecule has 0 unspecified atom stereocenters. The predicted molar refractivity (Wildman–Crippen MR) is 113 cm³/mol. The molecule has 1 aliphatic heterocycles. The summed E-state index contributed by atoms with van der Waals surface area (Å²) in [7, 11) is 0. The monoisotopic (exact) mass is 388 g/mol. The highest BCUT2D eigenvalue weighted by atomic mass is 15.2. The van der Waals surface area contributed by atoms with Gasteiger partial charge in [0, 0.05) is 56.4 Å². The first-order chi connectivity index (χ1) is 14.3. The van der Waals surface area contributed by atoms with E-state index in [0.29, 0.717) is 0 Å². The van der Waals surface area contributed by atoms with Gasteiger partial charge >= 0.3 is 0 Å². The zero-order chi connectivity index (χ0) is 19.6. The molecule has 4 aromatic rings. The SMILES string of the molecule is Cc1cn2c(-c3cn[nH]c3)cnc2c(Nc2ccc(CN3CCNCC3)cc2)n1. The molecule has 8 nitrogen and oxygen atoms in total. The molecule has 1 saturated heterocycles. The van der Waals surface area contributed by atoms with Crippen molar-refractivity contribution in [3.63, 3.8) is 0 Å². The molecule has 8 heteroatoms. The van der Waals surface area contributed by atoms with Crippen molar-refractivity contribution < 1.29 is 0 Å². The maximum absolute atomic E-state index is 4.67. The van der Waals surface area contributed by atoms with E-state index < -0.39 is 0 Å². The zero-order valence-electron chi connectivity index (χ0n) is 16.4. The molecular weight excluding hydrogens is 364 g/mol. The van der Waals surface area contributed by atoms with E-state index in [0.717, 1.165) is 66.8 Å². The van der Waals surface area contributed by atoms with Crippen LogP contribution in [0.2, 0.25) is 0 Å². The molecule has 1 aromatic carbocycles. The van der Waals surface area contributed by atoms with Crippen molar-refractivity contribution >= 4 is 17.2 Å². The van der Waals surface area contributed by atoms with Crippen molar-refractivity contribution in [2.24, 2.45) is 0 Å². The van der Waals surface area contributed by atoms with Gasteiger partial charge in [0.1, 0.15) is 0 Å². The predicted octanol–water partition coefficient (Wildman–Crippen LogP) is 2.58. The number of aromatic nitrogens is 5. The molecule has 148 valence electrons. The summed E-state index contributed by atoms with van der Waals surface area (Å²) in [6.45, 7) is 7.32. The number of aryl methyl sites for hydroxylation is 1. The first-order valence-electron chi connectivity index (χ1n) is 9.89. The lowest BCUT2D eigenvalue weighted by molar-refractivity contribution is 0.233. The van der Waals surface area contributed by atoms with Crippen molar-refractivity contribution in [1.82, 2.24) is 34.8 Å². The average Bonchev–Trinajstić information content (AvgIpc) is 3.40. The zero-order valence-corrected chi connectivity index (χ0v) is 16.4. The van der Waals surface area contributed by atoms with Crippen LogP contribution in [-0.4, -0.2) is 55.6 Å². The van der Waals surface area contributed by atoms with Crippen LogP contribution in [0, 0.1) is 6.92 Å². The van der Waals surface area contributed by atoms with E-state index in [1.807, 2.05) is 29.9 Å². The van der Waals surface area contributed by atoms with Gasteiger partial charge in [0.05, 0.1) is 23.8 Å². The van der Waals surface area contributed by atoms with Gasteiger partial charge in [0.2, 0.25) is 0 Å². The molecule has 3 N–H and O–H groups in total. The molecule has 5 rings (SSSR count). The number of aromatic amines is 1. The summed E-state index contributed by atoms with van der Waals surface area (Å²) in [4.78, 5) is 11.7. The molecule has 0 bridgehead atoms. The van der Waals surface area contributed by atoms with Crippen LogP contribution in [0.1, 0.15) is 11.3 Å². The second-order valence-electron chi connectivity index (χ2n) is 7.40. The summed E-state index contributed by atoms with van der Waals surface area (Å²) in [5, 5.41) is 13.7. The topological polar surface area (TPSA) is 86.2 Å². The fraction of sp³-hybridized carbons (Fsp3) is 0.286. The third kappa shape index (κ3) is 3.72. The summed E-state index contributed by atoms with van der Waals surface area (Å²) >= 11 is 0. The Kier molecular flexibility index (Phi) is 4.71. The number of benzene rings is 1. The number of hydrogen-bond acceptors (Lipinski definition) is 6. The van der Waals surface area contributed by atoms with Gasteiger partial charge in [-0.05, 0) is 24.6 Å². The first-order valence-corrected chi connectivity index (χ1v) is 9.89. The van der Waals surface area contributed by atoms with E-state index in [-0.39, 0.29) is 0 Å². The Morgan fingerprint density at radius 2 is 1.93 bits per heavy atom. The lowest BCUT2D eigenvalue weighted by atomic mass is 10.2. The summed E-state index contributed by atoms with van der Waals surface area (Å²) in [5.74, 6) is 0.745. The number of H-pyrrole nitrogens is 1. The molecular formula is C21H24N8. The normalized spacial score (nSPS) is 15.1. The van der Waals surface area contributed by atoms with E-state index in [2.05, 4.69) is 60.0 Å². The first kappa shape index (κ1) is 17.8. The molecule has 1 fully saturated rings. The maximum atomic E-state index is 4.67. The second kappa shape index (κ2) is 7.65. The van der Waals surface area contributed by atoms with Gasteiger partial charge in [-0.1, -0.05) is 12.1 Å². The molecule has 0 atom stereocenters. The van der Waals surface area contributed by atoms with Crippen LogP contribution >= 0.6 is 0 Å². The minimum Gasteiger partial charge on any atom is -0.337 e. The Hall–Kier alpha value is -3.23. The Balaban J connectivity index is 1.38. The van der Waals surface area contributed by atoms with E-state index >= 15 is 0 Å². The number of rotatable bonds is 5. The van der Waals surface area contributed by atoms with Crippen molar-refractivity contribution in [2.45, 2.75) is 13.5 Å². The Morgan fingerprint density at radius 3 is 2.69 bits per heavy atom. The molecule has 0 radical (unpaired) electrons. The van der Waals surface area contributed by atoms with E-state index in [1.165, 1.54) is 5.56 Å². The van der Waals surface area contributed by atoms with Gasteiger partial charge in [-0.25, -0.2) is 9.97 Å². The number of imidazole rings is 1. The molecule has 0 spiro atoms. The van der Waals surface area contributed by atoms with Crippen LogP contribution in [-0.2, 0) is 6.54 Å². The highest BCUT2D eigenvalue weighted by Crippen LogP contribution is 2.25. The quantitative estimate of drug-likeness (QED) is 0.487. The number of nitrogens with zero attached hydrogens (tertiary/aromatic N) is 5. The van der Waals surface area contributed by atoms with Crippen LogP contribution in [0.3, 0.4) is 0 Å². The van der Waals surface area contributed by atoms with Crippen molar-refractivity contribution in [1.29, 1.82) is 0 Å². The minimum absolute atomic E-state index is 0.745. The molecule has 4 heterocycles. The largest absolute Gasteiger partial charge is 0.337 e. The van der Waals surface area contributed by atoms with Crippen molar-refractivity contribution in [3.8, 4) is 11.3 Å². The summed E-state index contributed by atoms with van der Waals surface area (Å²) in [5.41, 5.74) is 6.00. The fourth-order valence-electron chi connectivity index (χ4n) is 3.75. The Bertz CT molecular complexity index is 1090. The second-order valence-corrected chi connectivity index (χ2v) is 7.40. The van der Waals surface area contributed by atoms with Crippen LogP contribution in [0.25, 0.3) is 16.9 Å². The smallest absolute Gasteiger partial charge is 0.180 e. The van der Waals surface area contributed by atoms with E-state index in [4.69, 9.17) is 0 Å². The fourth-order valence-corrected chi connectivity index (χ4v) is 3.75. The summed E-state index contributed by atoms with van der Waals surface area (Å²) < 4.78 is 2.05. The van der Waals surface area contributed by atoms with Crippen LogP contribution < -0.4 is 10.6 Å². The third-order valence-electron chi connectivity index (χ3n) is 5.24. The Labute approximate surface area is 169 Å². The van der Waals surface area contributed by atoms with Crippen molar-refractivity contribution in [3.05, 3.63) is 60.3 Å². The number of piperazine rings is 1. The van der Waals surface area contributed by atoms with Crippen molar-refractivity contribution in [2.75, 3.05) is 31.5 Å². The van der Waals surface area contributed by atoms with Gasteiger partial charge in [0.15, 0.2) is 11.5 Å². The van der Waals surface area contributed by atoms with Gasteiger partial charge in [0.25, 0.3) is 0 Å². The molecule has 3 aromatic heterocycles. The van der Waals surface area contributed by atoms with Gasteiger partial charge in [-0.2, -0.15) is 5.10 Å². The third-order valence-corrected chi connectivity index (χ3v) is 5.24. The van der Waals surface area contributed by atoms with E-state index in [9.17, 15) is 0 Å². The average molecular weight is 388 g/mol. The summed E-state index contributed by atoms with van der Waals surface area (Å²) in [6.07, 6.45) is 7.50. The maximum Gasteiger partial charge on any atom is 0.180 e. The lowest BCUT2D eigenvalue weighted by Gasteiger charge is -2.27. The van der Waals surface area contributed by atoms with Crippen LogP contribution in [0.15, 0.2) is 49.1 Å². The summed E-state index contributed by atoms with van der Waals surface area (Å²) in [6, 6.07) is 8.58. The number of fused-ring (bicyclic) bond motifs is 1. The van der Waals surface area contributed by atoms with Crippen LogP contribution in [0.4, 0.5) is 11.5 Å².